The van der Waals surface area contributed by atoms with Gasteiger partial charge < -0.3 is 10.3 Å². The van der Waals surface area contributed by atoms with Crippen molar-refractivity contribution in [2.24, 2.45) is 5.73 Å². The summed E-state index contributed by atoms with van der Waals surface area (Å²) < 4.78 is 5.22. The summed E-state index contributed by atoms with van der Waals surface area (Å²) in [4.78, 5) is 0. The van der Waals surface area contributed by atoms with Gasteiger partial charge in [0.1, 0.15) is 5.76 Å². The normalized spacial score (nSPS) is 17.8. The molecule has 0 spiro atoms. The topological polar surface area (TPSA) is 52.0 Å². The van der Waals surface area contributed by atoms with E-state index in [1.807, 2.05) is 6.92 Å². The lowest BCUT2D eigenvalue weighted by Crippen LogP contribution is -2.18. The minimum Gasteiger partial charge on any atom is -0.361 e. The summed E-state index contributed by atoms with van der Waals surface area (Å²) in [6.07, 6.45) is 4.25. The molecule has 66 valence electrons. The van der Waals surface area contributed by atoms with E-state index < -0.39 is 0 Å². The van der Waals surface area contributed by atoms with E-state index in [-0.39, 0.29) is 6.04 Å². The highest BCUT2D eigenvalue weighted by atomic mass is 16.5. The van der Waals surface area contributed by atoms with E-state index in [1.54, 1.807) is 0 Å². The Morgan fingerprint density at radius 3 is 3.17 bits per heavy atom. The summed E-state index contributed by atoms with van der Waals surface area (Å²) in [5.41, 5.74) is 8.17. The van der Waals surface area contributed by atoms with Crippen molar-refractivity contribution in [3.8, 4) is 0 Å². The maximum Gasteiger partial charge on any atom is 0.141 e. The minimum absolute atomic E-state index is 0.169. The summed E-state index contributed by atoms with van der Waals surface area (Å²) in [7, 11) is 0. The fraction of sp³-hybridized carbons (Fsp3) is 0.667. The summed E-state index contributed by atoms with van der Waals surface area (Å²) >= 11 is 0. The lowest BCUT2D eigenvalue weighted by Gasteiger charge is -2.01. The molecular weight excluding hydrogens is 152 g/mol. The molecule has 2 rings (SSSR count). The Kier molecular flexibility index (Phi) is 1.89. The van der Waals surface area contributed by atoms with Crippen LogP contribution in [0.3, 0.4) is 0 Å². The van der Waals surface area contributed by atoms with E-state index in [1.165, 1.54) is 12.0 Å². The van der Waals surface area contributed by atoms with Crippen molar-refractivity contribution < 1.29 is 4.52 Å². The van der Waals surface area contributed by atoms with Gasteiger partial charge in [0.2, 0.25) is 0 Å². The molecule has 1 aliphatic carbocycles. The van der Waals surface area contributed by atoms with Gasteiger partial charge in [-0.15, -0.1) is 0 Å². The molecule has 0 aromatic carbocycles. The Hall–Kier alpha value is -0.830. The Labute approximate surface area is 71.9 Å². The van der Waals surface area contributed by atoms with E-state index in [9.17, 15) is 0 Å². The molecule has 0 saturated carbocycles. The monoisotopic (exact) mass is 166 g/mol. The van der Waals surface area contributed by atoms with E-state index in [4.69, 9.17) is 10.3 Å². The third kappa shape index (κ3) is 1.25. The first-order chi connectivity index (χ1) is 5.77. The highest BCUT2D eigenvalue weighted by molar-refractivity contribution is 5.27. The van der Waals surface area contributed by atoms with Crippen molar-refractivity contribution in [2.45, 2.75) is 38.6 Å². The van der Waals surface area contributed by atoms with Crippen LogP contribution >= 0.6 is 0 Å². The quantitative estimate of drug-likeness (QED) is 0.714. The molecule has 3 heteroatoms. The molecule has 0 saturated heterocycles. The molecule has 0 radical (unpaired) electrons. The van der Waals surface area contributed by atoms with Gasteiger partial charge in [-0.1, -0.05) is 5.16 Å². The summed E-state index contributed by atoms with van der Waals surface area (Å²) in [6.45, 7) is 1.99. The standard InChI is InChI=1S/C9H14N2O/c1-6(10)5-9-7-3-2-4-8(7)11-12-9/h6H,2-5,10H2,1H3. The lowest BCUT2D eigenvalue weighted by atomic mass is 10.1. The number of hydrogen-bond acceptors (Lipinski definition) is 3. The average Bonchev–Trinajstić information content (AvgIpc) is 2.52. The van der Waals surface area contributed by atoms with E-state index in [0.717, 1.165) is 30.7 Å². The van der Waals surface area contributed by atoms with Crippen LogP contribution in [0.5, 0.6) is 0 Å². The summed E-state index contributed by atoms with van der Waals surface area (Å²) in [5.74, 6) is 1.01. The maximum absolute atomic E-state index is 5.69. The predicted octanol–water partition coefficient (Wildman–Crippen LogP) is 1.05. The lowest BCUT2D eigenvalue weighted by molar-refractivity contribution is 0.367. The minimum atomic E-state index is 0.169. The Balaban J connectivity index is 2.22. The number of fused-ring (bicyclic) bond motifs is 1. The maximum atomic E-state index is 5.69. The molecule has 3 nitrogen and oxygen atoms in total. The zero-order valence-corrected chi connectivity index (χ0v) is 7.34. The van der Waals surface area contributed by atoms with Gasteiger partial charge in [0.05, 0.1) is 5.69 Å². The second kappa shape index (κ2) is 2.90. The van der Waals surface area contributed by atoms with Crippen molar-refractivity contribution in [1.82, 2.24) is 5.16 Å². The van der Waals surface area contributed by atoms with Crippen LogP contribution in [-0.4, -0.2) is 11.2 Å². The van der Waals surface area contributed by atoms with E-state index >= 15 is 0 Å². The number of aromatic nitrogens is 1. The van der Waals surface area contributed by atoms with Crippen molar-refractivity contribution in [2.75, 3.05) is 0 Å². The van der Waals surface area contributed by atoms with Crippen molar-refractivity contribution in [3.63, 3.8) is 0 Å². The van der Waals surface area contributed by atoms with Gasteiger partial charge in [-0.2, -0.15) is 0 Å². The second-order valence-corrected chi connectivity index (χ2v) is 3.57. The van der Waals surface area contributed by atoms with Gasteiger partial charge in [0.15, 0.2) is 0 Å². The Morgan fingerprint density at radius 1 is 1.58 bits per heavy atom. The van der Waals surface area contributed by atoms with Gasteiger partial charge in [-0.3, -0.25) is 0 Å². The molecule has 0 bridgehead atoms. The molecule has 12 heavy (non-hydrogen) atoms. The number of nitrogens with two attached hydrogens (primary N) is 1. The molecule has 0 fully saturated rings. The van der Waals surface area contributed by atoms with Gasteiger partial charge >= 0.3 is 0 Å². The zero-order chi connectivity index (χ0) is 8.55. The van der Waals surface area contributed by atoms with Gasteiger partial charge in [0.25, 0.3) is 0 Å². The first-order valence-electron chi connectivity index (χ1n) is 4.49. The van der Waals surface area contributed by atoms with Crippen LogP contribution in [0.4, 0.5) is 0 Å². The third-order valence-electron chi connectivity index (χ3n) is 2.30. The SMILES string of the molecule is CC(N)Cc1onc2c1CCC2. The Morgan fingerprint density at radius 2 is 2.42 bits per heavy atom. The Bertz CT molecular complexity index is 278. The summed E-state index contributed by atoms with van der Waals surface area (Å²) in [6, 6.07) is 0.169. The molecule has 1 heterocycles. The van der Waals surface area contributed by atoms with Crippen LogP contribution in [0, 0.1) is 0 Å². The van der Waals surface area contributed by atoms with Crippen molar-refractivity contribution >= 4 is 0 Å². The van der Waals surface area contributed by atoms with Gasteiger partial charge in [-0.05, 0) is 26.2 Å². The molecule has 1 aliphatic rings. The molecule has 1 aromatic rings. The largest absolute Gasteiger partial charge is 0.361 e. The summed E-state index contributed by atoms with van der Waals surface area (Å²) in [5, 5.41) is 4.02. The predicted molar refractivity (Wildman–Crippen MR) is 45.9 cm³/mol. The fourth-order valence-corrected chi connectivity index (χ4v) is 1.75. The highest BCUT2D eigenvalue weighted by Gasteiger charge is 2.20. The number of hydrogen-bond donors (Lipinski definition) is 1. The first kappa shape index (κ1) is 7.80. The van der Waals surface area contributed by atoms with Gasteiger partial charge in [0, 0.05) is 18.0 Å². The molecule has 0 amide bonds. The van der Waals surface area contributed by atoms with Crippen LogP contribution in [0.25, 0.3) is 0 Å². The third-order valence-corrected chi connectivity index (χ3v) is 2.30. The van der Waals surface area contributed by atoms with Gasteiger partial charge in [-0.25, -0.2) is 0 Å². The first-order valence-corrected chi connectivity index (χ1v) is 4.49. The number of nitrogens with zero attached hydrogens (tertiary/aromatic N) is 1. The molecular formula is C9H14N2O. The van der Waals surface area contributed by atoms with Crippen molar-refractivity contribution in [1.29, 1.82) is 0 Å². The van der Waals surface area contributed by atoms with Crippen LogP contribution in [-0.2, 0) is 19.3 Å². The molecule has 0 aliphatic heterocycles. The number of rotatable bonds is 2. The molecule has 1 aromatic heterocycles. The van der Waals surface area contributed by atoms with Crippen LogP contribution in [0.2, 0.25) is 0 Å². The zero-order valence-electron chi connectivity index (χ0n) is 7.34. The second-order valence-electron chi connectivity index (χ2n) is 3.57. The molecule has 2 N–H and O–H groups in total. The highest BCUT2D eigenvalue weighted by Crippen LogP contribution is 2.25. The van der Waals surface area contributed by atoms with Crippen LogP contribution < -0.4 is 5.73 Å². The van der Waals surface area contributed by atoms with E-state index in [2.05, 4.69) is 5.16 Å². The van der Waals surface area contributed by atoms with E-state index in [0.29, 0.717) is 0 Å². The van der Waals surface area contributed by atoms with Crippen LogP contribution in [0.15, 0.2) is 4.52 Å². The smallest absolute Gasteiger partial charge is 0.141 e. The fourth-order valence-electron chi connectivity index (χ4n) is 1.75. The van der Waals surface area contributed by atoms with Crippen molar-refractivity contribution in [3.05, 3.63) is 17.0 Å². The number of aryl methyl sites for hydroxylation is 1. The molecule has 1 unspecified atom stereocenters. The van der Waals surface area contributed by atoms with Crippen LogP contribution in [0.1, 0.15) is 30.4 Å². The average molecular weight is 166 g/mol. The molecule has 1 atom stereocenters.